The van der Waals surface area contributed by atoms with Crippen molar-refractivity contribution in [3.05, 3.63) is 107 Å². The van der Waals surface area contributed by atoms with Crippen molar-refractivity contribution in [3.8, 4) is 34.5 Å². The number of aromatic nitrogens is 3. The average Bonchev–Trinajstić information content (AvgIpc) is 3.58. The summed E-state index contributed by atoms with van der Waals surface area (Å²) in [6, 6.07) is 21.9. The minimum absolute atomic E-state index is 0.0465. The minimum atomic E-state index is -0.886. The van der Waals surface area contributed by atoms with Crippen LogP contribution < -0.4 is 14.2 Å². The Kier molecular flexibility index (Phi) is 8.10. The number of carbonyl (C=O) groups excluding carboxylic acids is 1. The summed E-state index contributed by atoms with van der Waals surface area (Å²) in [5, 5.41) is 13.4. The van der Waals surface area contributed by atoms with Gasteiger partial charge in [0.05, 0.1) is 24.8 Å². The number of aliphatic carboxylic acids is 1. The fraction of sp³-hybridized carbons (Fsp3) is 0.161. The van der Waals surface area contributed by atoms with Crippen molar-refractivity contribution in [2.45, 2.75) is 26.6 Å². The monoisotopic (exact) mass is 553 g/mol. The largest absolute Gasteiger partial charge is 0.493 e. The number of carboxylic acids is 1. The number of hydrogen-bond acceptors (Lipinski definition) is 8. The molecule has 3 aromatic carbocycles. The molecule has 10 nitrogen and oxygen atoms in total. The van der Waals surface area contributed by atoms with Crippen molar-refractivity contribution in [1.29, 1.82) is 0 Å². The van der Waals surface area contributed by atoms with E-state index in [2.05, 4.69) is 10.1 Å². The van der Waals surface area contributed by atoms with Crippen LogP contribution in [0.15, 0.2) is 83.4 Å². The number of carboxylic acid groups (broad SMARTS) is 1. The average molecular weight is 554 g/mol. The van der Waals surface area contributed by atoms with Crippen molar-refractivity contribution in [1.82, 2.24) is 14.8 Å². The molecule has 0 amide bonds. The fourth-order valence-corrected chi connectivity index (χ4v) is 4.12. The molecule has 0 aliphatic heterocycles. The second kappa shape index (κ2) is 12.2. The summed E-state index contributed by atoms with van der Waals surface area (Å²) in [6.45, 7) is 2.12. The van der Waals surface area contributed by atoms with Crippen molar-refractivity contribution < 1.29 is 33.3 Å². The van der Waals surface area contributed by atoms with Crippen LogP contribution in [0.5, 0.6) is 17.4 Å². The molecule has 1 N–H and O–H groups in total. The van der Waals surface area contributed by atoms with Crippen LogP contribution in [0.25, 0.3) is 17.1 Å². The van der Waals surface area contributed by atoms with E-state index in [1.54, 1.807) is 61.3 Å². The molecule has 2 aromatic heterocycles. The van der Waals surface area contributed by atoms with Gasteiger partial charge in [-0.15, -0.1) is 5.10 Å². The van der Waals surface area contributed by atoms with Gasteiger partial charge in [-0.2, -0.15) is 0 Å². The minimum Gasteiger partial charge on any atom is -0.493 e. The summed E-state index contributed by atoms with van der Waals surface area (Å²) in [7, 11) is 1.55. The first kappa shape index (κ1) is 27.2. The first-order valence-electron chi connectivity index (χ1n) is 12.7. The predicted octanol–water partition coefficient (Wildman–Crippen LogP) is 5.44. The van der Waals surface area contributed by atoms with Crippen molar-refractivity contribution in [2.24, 2.45) is 0 Å². The van der Waals surface area contributed by atoms with E-state index in [1.165, 1.54) is 0 Å². The van der Waals surface area contributed by atoms with Gasteiger partial charge >= 0.3 is 5.97 Å². The number of nitrogens with zero attached hydrogens (tertiary/aromatic N) is 3. The van der Waals surface area contributed by atoms with E-state index in [-0.39, 0.29) is 25.5 Å². The predicted molar refractivity (Wildman–Crippen MR) is 149 cm³/mol. The summed E-state index contributed by atoms with van der Waals surface area (Å²) in [5.74, 6) is 1.40. The maximum absolute atomic E-state index is 11.6. The Bertz CT molecular complexity index is 1660. The number of carbonyl (C=O) groups is 2. The van der Waals surface area contributed by atoms with E-state index in [0.29, 0.717) is 46.3 Å². The van der Waals surface area contributed by atoms with Gasteiger partial charge in [-0.1, -0.05) is 36.4 Å². The molecule has 0 fully saturated rings. The molecular formula is C31H27N3O7. The van der Waals surface area contributed by atoms with Gasteiger partial charge in [-0.05, 0) is 54.4 Å². The smallest absolute Gasteiger partial charge is 0.307 e. The number of para-hydroxylation sites is 1. The third-order valence-electron chi connectivity index (χ3n) is 6.27. The highest BCUT2D eigenvalue weighted by molar-refractivity contribution is 5.78. The van der Waals surface area contributed by atoms with Crippen molar-refractivity contribution >= 4 is 12.3 Å². The van der Waals surface area contributed by atoms with E-state index < -0.39 is 5.97 Å². The van der Waals surface area contributed by atoms with Gasteiger partial charge in [0, 0.05) is 11.8 Å². The lowest BCUT2D eigenvalue weighted by Crippen LogP contribution is -2.02. The fourth-order valence-electron chi connectivity index (χ4n) is 4.12. The molecule has 0 bridgehead atoms. The maximum Gasteiger partial charge on any atom is 0.307 e. The van der Waals surface area contributed by atoms with Crippen LogP contribution in [0.4, 0.5) is 0 Å². The van der Waals surface area contributed by atoms with Gasteiger partial charge < -0.3 is 23.7 Å². The third-order valence-corrected chi connectivity index (χ3v) is 6.27. The third kappa shape index (κ3) is 6.44. The van der Waals surface area contributed by atoms with Gasteiger partial charge in [-0.3, -0.25) is 9.59 Å². The highest BCUT2D eigenvalue weighted by Crippen LogP contribution is 2.30. The molecule has 0 spiro atoms. The number of rotatable bonds is 12. The molecule has 0 unspecified atom stereocenters. The second-order valence-corrected chi connectivity index (χ2v) is 9.14. The van der Waals surface area contributed by atoms with E-state index >= 15 is 0 Å². The van der Waals surface area contributed by atoms with Crippen LogP contribution in [0.1, 0.15) is 32.9 Å². The van der Waals surface area contributed by atoms with Crippen molar-refractivity contribution in [3.63, 3.8) is 0 Å². The van der Waals surface area contributed by atoms with Crippen LogP contribution in [0, 0.1) is 6.92 Å². The number of oxazole rings is 1. The number of methoxy groups -OCH3 is 1. The topological polar surface area (TPSA) is 126 Å². The maximum atomic E-state index is 11.6. The lowest BCUT2D eigenvalue weighted by atomic mass is 10.1. The molecule has 10 heteroatoms. The van der Waals surface area contributed by atoms with E-state index in [0.717, 1.165) is 16.8 Å². The number of aryl methyl sites for hydroxylation is 1. The molecule has 0 radical (unpaired) electrons. The number of benzene rings is 3. The summed E-state index contributed by atoms with van der Waals surface area (Å²) < 4.78 is 24.8. The lowest BCUT2D eigenvalue weighted by Gasteiger charge is -2.12. The molecule has 41 heavy (non-hydrogen) atoms. The summed E-state index contributed by atoms with van der Waals surface area (Å²) >= 11 is 0. The number of aldehydes is 1. The Balaban J connectivity index is 1.24. The zero-order valence-corrected chi connectivity index (χ0v) is 22.4. The van der Waals surface area contributed by atoms with Crippen LogP contribution >= 0.6 is 0 Å². The van der Waals surface area contributed by atoms with E-state index in [1.807, 2.05) is 36.4 Å². The molecule has 208 valence electrons. The first-order valence-corrected chi connectivity index (χ1v) is 12.7. The van der Waals surface area contributed by atoms with Gasteiger partial charge in [0.15, 0.2) is 17.8 Å². The number of ether oxygens (including phenoxy) is 3. The zero-order valence-electron chi connectivity index (χ0n) is 22.4. The summed E-state index contributed by atoms with van der Waals surface area (Å²) in [5.41, 5.74) is 4.02. The standard InChI is InChI=1S/C31H27N3O7/c1-20-26(32-30(41-20)23-11-8-21(9-12-23)15-29(36)37)19-39-27-13-10-22(14-28(27)38-2)18-40-31-24(17-35)16-34(33-31)25-6-4-3-5-7-25/h3-14,16-17H,15,18-19H2,1-2H3,(H,36,37). The van der Waals surface area contributed by atoms with Crippen LogP contribution in [-0.4, -0.2) is 39.2 Å². The Morgan fingerprint density at radius 1 is 0.976 bits per heavy atom. The van der Waals surface area contributed by atoms with Gasteiger partial charge in [0.25, 0.3) is 0 Å². The molecule has 2 heterocycles. The molecular weight excluding hydrogens is 526 g/mol. The zero-order chi connectivity index (χ0) is 28.8. The Hall–Kier alpha value is -5.38. The van der Waals surface area contributed by atoms with E-state index in [9.17, 15) is 9.59 Å². The van der Waals surface area contributed by atoms with Gasteiger partial charge in [-0.25, -0.2) is 9.67 Å². The van der Waals surface area contributed by atoms with Crippen LogP contribution in [-0.2, 0) is 24.4 Å². The Morgan fingerprint density at radius 2 is 1.73 bits per heavy atom. The van der Waals surface area contributed by atoms with Gasteiger partial charge in [0.1, 0.15) is 24.7 Å². The van der Waals surface area contributed by atoms with Crippen molar-refractivity contribution in [2.75, 3.05) is 7.11 Å². The SMILES string of the molecule is COc1cc(COc2nn(-c3ccccc3)cc2C=O)ccc1OCc1nc(-c2ccc(CC(=O)O)cc2)oc1C. The summed E-state index contributed by atoms with van der Waals surface area (Å²) in [4.78, 5) is 27.0. The molecule has 0 aliphatic rings. The van der Waals surface area contributed by atoms with Crippen LogP contribution in [0.3, 0.4) is 0 Å². The molecule has 0 atom stereocenters. The molecule has 5 aromatic rings. The highest BCUT2D eigenvalue weighted by atomic mass is 16.5. The van der Waals surface area contributed by atoms with E-state index in [4.69, 9.17) is 23.7 Å². The highest BCUT2D eigenvalue weighted by Gasteiger charge is 2.15. The Labute approximate surface area is 235 Å². The molecule has 0 saturated heterocycles. The molecule has 0 saturated carbocycles. The quantitative estimate of drug-likeness (QED) is 0.201. The molecule has 0 aliphatic carbocycles. The summed E-state index contributed by atoms with van der Waals surface area (Å²) in [6.07, 6.45) is 2.29. The first-order chi connectivity index (χ1) is 19.9. The Morgan fingerprint density at radius 3 is 2.44 bits per heavy atom. The van der Waals surface area contributed by atoms with Gasteiger partial charge in [0.2, 0.25) is 11.8 Å². The number of hydrogen-bond donors (Lipinski definition) is 1. The molecule has 5 rings (SSSR count). The van der Waals surface area contributed by atoms with Crippen LogP contribution in [0.2, 0.25) is 0 Å². The second-order valence-electron chi connectivity index (χ2n) is 9.14. The lowest BCUT2D eigenvalue weighted by molar-refractivity contribution is -0.136. The normalized spacial score (nSPS) is 10.8.